The molecule has 8 heteroatoms. The molecule has 0 aliphatic rings. The number of nitriles is 2. The SMILES string of the molecule is C=CC(=O)OC.COC(=O)CCC(C#N)(CCC(=O)OC)c1ccc2ccccc2c1.N#CCc1ccc2ccccc2c1. The summed E-state index contributed by atoms with van der Waals surface area (Å²) in [5.41, 5.74) is 0.926. The first-order valence-electron chi connectivity index (χ1n) is 13.8. The van der Waals surface area contributed by atoms with Gasteiger partial charge in [-0.2, -0.15) is 10.5 Å². The highest BCUT2D eigenvalue weighted by Crippen LogP contribution is 2.36. The summed E-state index contributed by atoms with van der Waals surface area (Å²) in [5.74, 6) is -1.15. The van der Waals surface area contributed by atoms with E-state index in [-0.39, 0.29) is 37.6 Å². The van der Waals surface area contributed by atoms with Crippen LogP contribution in [0.1, 0.15) is 36.8 Å². The molecule has 4 aromatic rings. The molecule has 0 atom stereocenters. The number of methoxy groups -OCH3 is 3. The Morgan fingerprint density at radius 2 is 1.23 bits per heavy atom. The van der Waals surface area contributed by atoms with Crippen molar-refractivity contribution in [1.29, 1.82) is 10.5 Å². The van der Waals surface area contributed by atoms with Crippen LogP contribution in [0, 0.1) is 22.7 Å². The van der Waals surface area contributed by atoms with Crippen molar-refractivity contribution >= 4 is 39.5 Å². The molecule has 0 saturated carbocycles. The number of carbonyl (C=O) groups excluding carboxylic acids is 3. The number of fused-ring (bicyclic) bond motifs is 2. The molecular weight excluding hydrogens is 556 g/mol. The summed E-state index contributed by atoms with van der Waals surface area (Å²) in [6.45, 7) is 3.16. The maximum absolute atomic E-state index is 11.6. The van der Waals surface area contributed by atoms with E-state index in [4.69, 9.17) is 14.7 Å². The van der Waals surface area contributed by atoms with Crippen LogP contribution in [0.2, 0.25) is 0 Å². The van der Waals surface area contributed by atoms with Gasteiger partial charge >= 0.3 is 17.9 Å². The second kappa shape index (κ2) is 18.1. The summed E-state index contributed by atoms with van der Waals surface area (Å²) in [6, 6.07) is 32.4. The fourth-order valence-electron chi connectivity index (χ4n) is 4.44. The van der Waals surface area contributed by atoms with Crippen molar-refractivity contribution in [3.8, 4) is 12.1 Å². The normalized spacial score (nSPS) is 10.0. The molecule has 0 aliphatic carbocycles. The van der Waals surface area contributed by atoms with Gasteiger partial charge in [-0.15, -0.1) is 0 Å². The Labute approximate surface area is 258 Å². The predicted octanol–water partition coefficient (Wildman–Crippen LogP) is 6.76. The van der Waals surface area contributed by atoms with Gasteiger partial charge in [0.2, 0.25) is 0 Å². The van der Waals surface area contributed by atoms with Crippen LogP contribution in [0.4, 0.5) is 0 Å². The molecule has 0 amide bonds. The van der Waals surface area contributed by atoms with Gasteiger partial charge in [0, 0.05) is 18.9 Å². The van der Waals surface area contributed by atoms with Crippen molar-refractivity contribution in [2.24, 2.45) is 0 Å². The minimum absolute atomic E-state index is 0.109. The minimum atomic E-state index is -0.952. The molecule has 0 bridgehead atoms. The third kappa shape index (κ3) is 10.4. The van der Waals surface area contributed by atoms with Crippen molar-refractivity contribution < 1.29 is 28.6 Å². The molecular formula is C36H36N2O6. The van der Waals surface area contributed by atoms with Crippen LogP contribution in [-0.4, -0.2) is 39.2 Å². The van der Waals surface area contributed by atoms with Crippen LogP contribution in [0.15, 0.2) is 97.6 Å². The molecule has 0 N–H and O–H groups in total. The third-order valence-corrected chi connectivity index (χ3v) is 6.95. The molecule has 0 fully saturated rings. The fourth-order valence-corrected chi connectivity index (χ4v) is 4.44. The lowest BCUT2D eigenvalue weighted by atomic mass is 9.74. The second-order valence-electron chi connectivity index (χ2n) is 9.65. The Bertz CT molecular complexity index is 1640. The van der Waals surface area contributed by atoms with E-state index in [1.807, 2.05) is 60.7 Å². The van der Waals surface area contributed by atoms with Crippen molar-refractivity contribution in [3.05, 3.63) is 109 Å². The van der Waals surface area contributed by atoms with E-state index in [2.05, 4.69) is 47.7 Å². The van der Waals surface area contributed by atoms with Crippen LogP contribution < -0.4 is 0 Å². The lowest BCUT2D eigenvalue weighted by Gasteiger charge is -2.27. The first kappa shape index (κ1) is 34.7. The standard InChI is InChI=1S/C20H21NO4.C12H9N.C4H6O2/c1-24-18(22)9-11-20(14-21,12-10-19(23)25-2)17-8-7-15-5-3-4-6-16(15)13-17;13-8-7-10-5-6-11-3-1-2-4-12(11)9-10;1-3-4(5)6-2/h3-8,13H,9-12H2,1-2H3;1-6,9H,7H2;3H,1H2,2H3. The topological polar surface area (TPSA) is 126 Å². The highest BCUT2D eigenvalue weighted by atomic mass is 16.5. The Balaban J connectivity index is 0.000000293. The molecule has 226 valence electrons. The molecule has 4 aromatic carbocycles. The van der Waals surface area contributed by atoms with Crippen LogP contribution >= 0.6 is 0 Å². The zero-order valence-electron chi connectivity index (χ0n) is 25.2. The quantitative estimate of drug-likeness (QED) is 0.119. The summed E-state index contributed by atoms with van der Waals surface area (Å²) in [7, 11) is 3.95. The van der Waals surface area contributed by atoms with Gasteiger partial charge in [-0.3, -0.25) is 9.59 Å². The van der Waals surface area contributed by atoms with E-state index < -0.39 is 11.4 Å². The average molecular weight is 593 g/mol. The van der Waals surface area contributed by atoms with E-state index in [0.717, 1.165) is 28.0 Å². The molecule has 0 aliphatic heterocycles. The molecule has 44 heavy (non-hydrogen) atoms. The van der Waals surface area contributed by atoms with Crippen molar-refractivity contribution in [3.63, 3.8) is 0 Å². The summed E-state index contributed by atoms with van der Waals surface area (Å²) >= 11 is 0. The zero-order valence-corrected chi connectivity index (χ0v) is 25.2. The van der Waals surface area contributed by atoms with Crippen LogP contribution in [0.25, 0.3) is 21.5 Å². The molecule has 0 unspecified atom stereocenters. The van der Waals surface area contributed by atoms with Gasteiger partial charge in [-0.25, -0.2) is 4.79 Å². The van der Waals surface area contributed by atoms with Gasteiger partial charge in [0.05, 0.1) is 45.3 Å². The maximum Gasteiger partial charge on any atom is 0.329 e. The number of hydrogen-bond donors (Lipinski definition) is 0. The Hall–Kier alpha value is -5.47. The van der Waals surface area contributed by atoms with Crippen LogP contribution in [0.3, 0.4) is 0 Å². The van der Waals surface area contributed by atoms with E-state index >= 15 is 0 Å². The molecule has 0 saturated heterocycles. The predicted molar refractivity (Wildman–Crippen MR) is 169 cm³/mol. The Morgan fingerprint density at radius 1 is 0.727 bits per heavy atom. The van der Waals surface area contributed by atoms with Crippen LogP contribution in [0.5, 0.6) is 0 Å². The number of benzene rings is 4. The first-order valence-corrected chi connectivity index (χ1v) is 13.8. The lowest BCUT2D eigenvalue weighted by Crippen LogP contribution is -2.27. The molecule has 0 spiro atoms. The van der Waals surface area contributed by atoms with E-state index in [1.165, 1.54) is 32.1 Å². The number of ether oxygens (including phenoxy) is 3. The van der Waals surface area contributed by atoms with Gasteiger partial charge in [0.25, 0.3) is 0 Å². The highest BCUT2D eigenvalue weighted by Gasteiger charge is 2.34. The largest absolute Gasteiger partial charge is 0.469 e. The Morgan fingerprint density at radius 3 is 1.66 bits per heavy atom. The van der Waals surface area contributed by atoms with Crippen molar-refractivity contribution in [2.45, 2.75) is 37.5 Å². The monoisotopic (exact) mass is 592 g/mol. The maximum atomic E-state index is 11.6. The first-order chi connectivity index (χ1) is 21.2. The number of carbonyl (C=O) groups is 3. The fraction of sp³-hybridized carbons (Fsp3) is 0.250. The summed E-state index contributed by atoms with van der Waals surface area (Å²) in [5, 5.41) is 23.0. The molecule has 8 nitrogen and oxygen atoms in total. The van der Waals surface area contributed by atoms with Gasteiger partial charge in [0.1, 0.15) is 0 Å². The zero-order chi connectivity index (χ0) is 32.4. The molecule has 0 aromatic heterocycles. The van der Waals surface area contributed by atoms with Gasteiger partial charge in [-0.1, -0.05) is 85.4 Å². The van der Waals surface area contributed by atoms with E-state index in [1.54, 1.807) is 0 Å². The Kier molecular flexibility index (Phi) is 14.3. The van der Waals surface area contributed by atoms with E-state index in [0.29, 0.717) is 6.42 Å². The summed E-state index contributed by atoms with van der Waals surface area (Å²) in [6.07, 6.45) is 2.39. The lowest BCUT2D eigenvalue weighted by molar-refractivity contribution is -0.141. The van der Waals surface area contributed by atoms with Gasteiger partial charge in [-0.05, 0) is 51.6 Å². The molecule has 4 rings (SSSR count). The van der Waals surface area contributed by atoms with E-state index in [9.17, 15) is 19.6 Å². The minimum Gasteiger partial charge on any atom is -0.469 e. The number of rotatable bonds is 9. The average Bonchev–Trinajstić information content (AvgIpc) is 3.08. The van der Waals surface area contributed by atoms with Crippen LogP contribution in [-0.2, 0) is 40.4 Å². The highest BCUT2D eigenvalue weighted by molar-refractivity contribution is 5.84. The molecule has 0 radical (unpaired) electrons. The third-order valence-electron chi connectivity index (χ3n) is 6.95. The van der Waals surface area contributed by atoms with Gasteiger partial charge in [0.15, 0.2) is 0 Å². The van der Waals surface area contributed by atoms with Crippen molar-refractivity contribution in [1.82, 2.24) is 0 Å². The number of esters is 3. The summed E-state index contributed by atoms with van der Waals surface area (Å²) in [4.78, 5) is 33.0. The second-order valence-corrected chi connectivity index (χ2v) is 9.65. The van der Waals surface area contributed by atoms with Gasteiger partial charge < -0.3 is 14.2 Å². The summed E-state index contributed by atoms with van der Waals surface area (Å²) < 4.78 is 13.5. The number of hydrogen-bond acceptors (Lipinski definition) is 8. The van der Waals surface area contributed by atoms with Crippen molar-refractivity contribution in [2.75, 3.05) is 21.3 Å². The molecule has 0 heterocycles. The smallest absolute Gasteiger partial charge is 0.329 e. The number of nitrogens with zero attached hydrogens (tertiary/aromatic N) is 2.